The van der Waals surface area contributed by atoms with Gasteiger partial charge in [0.25, 0.3) is 0 Å². The SMILES string of the molecule is Cc1ccc(C)c2c1/C=C/C[C@@H]1OC(C)(C)O[C@@H]1C(=O)/C=C\C[C@H](C)OC2=O.O=C=O. The molecule has 0 saturated carbocycles. The predicted molar refractivity (Wildman–Crippen MR) is 112 cm³/mol. The van der Waals surface area contributed by atoms with Gasteiger partial charge in [0.1, 0.15) is 12.2 Å². The smallest absolute Gasteiger partial charge is 0.373 e. The van der Waals surface area contributed by atoms with Crippen molar-refractivity contribution < 1.29 is 33.4 Å². The molecule has 0 spiro atoms. The molecule has 0 bridgehead atoms. The zero-order chi connectivity index (χ0) is 23.2. The van der Waals surface area contributed by atoms with Crippen molar-refractivity contribution in [2.75, 3.05) is 0 Å². The van der Waals surface area contributed by atoms with Gasteiger partial charge in [0.15, 0.2) is 11.6 Å². The summed E-state index contributed by atoms with van der Waals surface area (Å²) in [4.78, 5) is 41.6. The summed E-state index contributed by atoms with van der Waals surface area (Å²) < 4.78 is 17.4. The molecule has 7 heteroatoms. The fourth-order valence-electron chi connectivity index (χ4n) is 3.65. The average molecular weight is 428 g/mol. The van der Waals surface area contributed by atoms with Crippen molar-refractivity contribution in [2.45, 2.75) is 71.6 Å². The number of hydrogen-bond acceptors (Lipinski definition) is 7. The Morgan fingerprint density at radius 2 is 1.58 bits per heavy atom. The molecule has 2 heterocycles. The van der Waals surface area contributed by atoms with Crippen molar-refractivity contribution in [1.29, 1.82) is 0 Å². The fourth-order valence-corrected chi connectivity index (χ4v) is 3.65. The molecule has 0 N–H and O–H groups in total. The second kappa shape index (κ2) is 10.4. The van der Waals surface area contributed by atoms with Gasteiger partial charge in [0.05, 0.1) is 11.7 Å². The van der Waals surface area contributed by atoms with Gasteiger partial charge in [-0.05, 0) is 63.8 Å². The van der Waals surface area contributed by atoms with Gasteiger partial charge in [0, 0.05) is 6.42 Å². The lowest BCUT2D eigenvalue weighted by molar-refractivity contribution is -0.191. The highest BCUT2D eigenvalue weighted by molar-refractivity contribution is 5.96. The van der Waals surface area contributed by atoms with Crippen LogP contribution in [-0.4, -0.2) is 42.0 Å². The Balaban J connectivity index is 0.00000107. The fraction of sp³-hybridized carbons (Fsp3) is 0.458. The molecule has 1 fully saturated rings. The molecular formula is C24H28O7. The van der Waals surface area contributed by atoms with E-state index < -0.39 is 11.9 Å². The van der Waals surface area contributed by atoms with Crippen LogP contribution in [0.3, 0.4) is 0 Å². The topological polar surface area (TPSA) is 96.0 Å². The van der Waals surface area contributed by atoms with Crippen molar-refractivity contribution in [1.82, 2.24) is 0 Å². The maximum atomic E-state index is 12.8. The molecule has 166 valence electrons. The van der Waals surface area contributed by atoms with E-state index in [9.17, 15) is 9.59 Å². The van der Waals surface area contributed by atoms with E-state index in [0.717, 1.165) is 16.7 Å². The number of aryl methyl sites for hydroxylation is 2. The monoisotopic (exact) mass is 428 g/mol. The molecule has 3 atom stereocenters. The summed E-state index contributed by atoms with van der Waals surface area (Å²) in [6.07, 6.45) is 6.95. The van der Waals surface area contributed by atoms with Crippen molar-refractivity contribution in [3.05, 3.63) is 52.6 Å². The lowest BCUT2D eigenvalue weighted by Crippen LogP contribution is -2.30. The van der Waals surface area contributed by atoms with Gasteiger partial charge < -0.3 is 14.2 Å². The molecule has 2 aliphatic heterocycles. The summed E-state index contributed by atoms with van der Waals surface area (Å²) in [5.74, 6) is -1.28. The molecule has 0 aliphatic carbocycles. The Labute approximate surface area is 182 Å². The molecule has 0 unspecified atom stereocenters. The van der Waals surface area contributed by atoms with Crippen LogP contribution in [0, 0.1) is 13.8 Å². The van der Waals surface area contributed by atoms with E-state index in [2.05, 4.69) is 0 Å². The standard InChI is InChI=1S/C23H28O5.CO2/c1-14-12-13-15(2)20-17(14)9-7-11-19-21(28-23(4,5)27-19)18(24)10-6-8-16(3)26-22(20)25;2-1-3/h6-7,9-10,12-13,16,19,21H,8,11H2,1-5H3;/b9-7+,10-6-;/t16-,19-,21+;/m0./s1. The molecule has 0 amide bonds. The van der Waals surface area contributed by atoms with Crippen molar-refractivity contribution >= 4 is 24.0 Å². The Hall–Kier alpha value is -2.86. The predicted octanol–water partition coefficient (Wildman–Crippen LogP) is 3.72. The minimum atomic E-state index is -0.808. The van der Waals surface area contributed by atoms with Gasteiger partial charge in [-0.25, -0.2) is 4.79 Å². The summed E-state index contributed by atoms with van der Waals surface area (Å²) in [6, 6.07) is 3.92. The highest BCUT2D eigenvalue weighted by Crippen LogP contribution is 2.32. The summed E-state index contributed by atoms with van der Waals surface area (Å²) in [5, 5.41) is 0. The summed E-state index contributed by atoms with van der Waals surface area (Å²) in [6.45, 7) is 9.32. The highest BCUT2D eigenvalue weighted by Gasteiger charge is 2.43. The number of benzene rings is 1. The van der Waals surface area contributed by atoms with E-state index in [1.807, 2.05) is 58.9 Å². The van der Waals surface area contributed by atoms with Gasteiger partial charge in [0.2, 0.25) is 0 Å². The van der Waals surface area contributed by atoms with Crippen LogP contribution in [0.1, 0.15) is 60.7 Å². The zero-order valence-corrected chi connectivity index (χ0v) is 18.5. The minimum Gasteiger partial charge on any atom is -0.459 e. The van der Waals surface area contributed by atoms with Crippen molar-refractivity contribution in [3.8, 4) is 0 Å². The van der Waals surface area contributed by atoms with E-state index in [-0.39, 0.29) is 30.1 Å². The van der Waals surface area contributed by atoms with Crippen LogP contribution in [0.5, 0.6) is 0 Å². The normalized spacial score (nSPS) is 27.3. The Morgan fingerprint density at radius 3 is 2.26 bits per heavy atom. The highest BCUT2D eigenvalue weighted by atomic mass is 16.8. The maximum Gasteiger partial charge on any atom is 0.373 e. The molecule has 1 aromatic rings. The molecule has 0 radical (unpaired) electrons. The van der Waals surface area contributed by atoms with Gasteiger partial charge in [-0.15, -0.1) is 0 Å². The number of carbonyl (C=O) groups excluding carboxylic acids is 4. The van der Waals surface area contributed by atoms with Gasteiger partial charge in [-0.3, -0.25) is 4.79 Å². The van der Waals surface area contributed by atoms with Crippen LogP contribution >= 0.6 is 0 Å². The summed E-state index contributed by atoms with van der Waals surface area (Å²) in [7, 11) is 0. The number of cyclic esters (lactones) is 1. The van der Waals surface area contributed by atoms with E-state index in [4.69, 9.17) is 23.8 Å². The first kappa shape index (κ1) is 24.4. The molecule has 1 saturated heterocycles. The summed E-state index contributed by atoms with van der Waals surface area (Å²) >= 11 is 0. The van der Waals surface area contributed by atoms with Crippen molar-refractivity contribution in [3.63, 3.8) is 0 Å². The molecular weight excluding hydrogens is 400 g/mol. The molecule has 2 aliphatic rings. The van der Waals surface area contributed by atoms with E-state index in [1.54, 1.807) is 6.08 Å². The minimum absolute atomic E-state index is 0.132. The number of ketones is 1. The number of esters is 1. The summed E-state index contributed by atoms with van der Waals surface area (Å²) in [5.41, 5.74) is 3.29. The molecule has 3 rings (SSSR count). The van der Waals surface area contributed by atoms with Gasteiger partial charge in [-0.2, -0.15) is 9.59 Å². The van der Waals surface area contributed by atoms with Crippen molar-refractivity contribution in [2.24, 2.45) is 0 Å². The number of carbonyl (C=O) groups is 2. The molecule has 1 aromatic carbocycles. The van der Waals surface area contributed by atoms with Crippen LogP contribution in [0.25, 0.3) is 6.08 Å². The Bertz CT molecular complexity index is 920. The molecule has 31 heavy (non-hydrogen) atoms. The number of rotatable bonds is 0. The van der Waals surface area contributed by atoms with Gasteiger partial charge >= 0.3 is 12.1 Å². The Morgan fingerprint density at radius 1 is 0.968 bits per heavy atom. The van der Waals surface area contributed by atoms with E-state index in [1.165, 1.54) is 6.08 Å². The third-order valence-electron chi connectivity index (χ3n) is 5.05. The first-order valence-electron chi connectivity index (χ1n) is 10.1. The number of ether oxygens (including phenoxy) is 3. The zero-order valence-electron chi connectivity index (χ0n) is 18.5. The number of hydrogen-bond donors (Lipinski definition) is 0. The molecule has 7 nitrogen and oxygen atoms in total. The van der Waals surface area contributed by atoms with Crippen LogP contribution < -0.4 is 0 Å². The third-order valence-corrected chi connectivity index (χ3v) is 5.05. The van der Waals surface area contributed by atoms with Crippen LogP contribution in [-0.2, 0) is 28.6 Å². The van der Waals surface area contributed by atoms with E-state index >= 15 is 0 Å². The third kappa shape index (κ3) is 6.31. The quantitative estimate of drug-likeness (QED) is 0.581. The maximum absolute atomic E-state index is 12.8. The second-order valence-electron chi connectivity index (χ2n) is 8.06. The van der Waals surface area contributed by atoms with Crippen LogP contribution in [0.2, 0.25) is 0 Å². The van der Waals surface area contributed by atoms with Crippen LogP contribution in [0.15, 0.2) is 30.4 Å². The second-order valence-corrected chi connectivity index (χ2v) is 8.06. The van der Waals surface area contributed by atoms with Gasteiger partial charge in [-0.1, -0.05) is 30.4 Å². The number of fused-ring (bicyclic) bond motifs is 2. The average Bonchev–Trinajstić information content (AvgIpc) is 2.99. The Kier molecular flexibility index (Phi) is 8.22. The lowest BCUT2D eigenvalue weighted by Gasteiger charge is -2.17. The first-order chi connectivity index (χ1) is 14.6. The van der Waals surface area contributed by atoms with Crippen LogP contribution in [0.4, 0.5) is 0 Å². The lowest BCUT2D eigenvalue weighted by atomic mass is 9.96. The largest absolute Gasteiger partial charge is 0.459 e. The van der Waals surface area contributed by atoms with E-state index in [0.29, 0.717) is 18.4 Å². The first-order valence-corrected chi connectivity index (χ1v) is 10.1. The molecule has 0 aromatic heterocycles.